The van der Waals surface area contributed by atoms with Gasteiger partial charge >= 0.3 is 0 Å². The Hall–Kier alpha value is -4.77. The van der Waals surface area contributed by atoms with Gasteiger partial charge in [0, 0.05) is 45.0 Å². The number of nitrogens with zero attached hydrogens (tertiary/aromatic N) is 1. The summed E-state index contributed by atoms with van der Waals surface area (Å²) >= 11 is 0. The van der Waals surface area contributed by atoms with Crippen molar-refractivity contribution >= 4 is 43.6 Å². The third-order valence-corrected chi connectivity index (χ3v) is 9.62. The summed E-state index contributed by atoms with van der Waals surface area (Å²) in [4.78, 5) is -0.620. The predicted molar refractivity (Wildman–Crippen MR) is 155 cm³/mol. The van der Waals surface area contributed by atoms with E-state index in [-0.39, 0.29) is 12.8 Å². The number of halogens is 17. The van der Waals surface area contributed by atoms with Gasteiger partial charge in [0.2, 0.25) is 0 Å². The minimum absolute atomic E-state index is 0.0968. The first kappa shape index (κ1) is 36.6. The van der Waals surface area contributed by atoms with E-state index in [1.807, 2.05) is 0 Å². The molecule has 0 aliphatic heterocycles. The van der Waals surface area contributed by atoms with Gasteiger partial charge in [-0.1, -0.05) is 26.2 Å². The first-order valence-corrected chi connectivity index (χ1v) is 15.4. The molecule has 3 atom stereocenters. The third kappa shape index (κ3) is 4.46. The summed E-state index contributed by atoms with van der Waals surface area (Å²) in [7, 11) is 0. The molecule has 2 aliphatic carbocycles. The van der Waals surface area contributed by atoms with Crippen molar-refractivity contribution in [2.45, 2.75) is 50.7 Å². The van der Waals surface area contributed by atoms with Gasteiger partial charge in [0.05, 0.1) is 27.9 Å². The van der Waals surface area contributed by atoms with Gasteiger partial charge in [0.15, 0.2) is 88.0 Å². The van der Waals surface area contributed by atoms with E-state index in [4.69, 9.17) is 0 Å². The van der Waals surface area contributed by atoms with Crippen molar-refractivity contribution in [2.24, 2.45) is 0 Å². The maximum atomic E-state index is 17.5. The Morgan fingerprint density at radius 3 is 1.58 bits per heavy atom. The van der Waals surface area contributed by atoms with Crippen LogP contribution in [0.1, 0.15) is 49.9 Å². The van der Waals surface area contributed by atoms with Crippen LogP contribution in [0.25, 0.3) is 37.9 Å². The average Bonchev–Trinajstić information content (AvgIpc) is 3.43. The van der Waals surface area contributed by atoms with Crippen molar-refractivity contribution in [2.75, 3.05) is 11.4 Å². The minimum atomic E-state index is -5.07. The van der Waals surface area contributed by atoms with Crippen LogP contribution in [0.4, 0.5) is 80.3 Å². The quantitative estimate of drug-likeness (QED) is 0.0398. The first-order valence-electron chi connectivity index (χ1n) is 15.4. The molecule has 0 saturated heterocycles. The van der Waals surface area contributed by atoms with E-state index in [1.165, 1.54) is 0 Å². The topological polar surface area (TPSA) is 3.24 Å². The number of rotatable bonds is 7. The maximum absolute atomic E-state index is 17.5. The van der Waals surface area contributed by atoms with Gasteiger partial charge in [-0.05, 0) is 6.42 Å². The van der Waals surface area contributed by atoms with E-state index in [9.17, 15) is 22.0 Å². The molecular weight excluding hydrogens is 757 g/mol. The molecule has 5 aromatic rings. The molecule has 5 aromatic carbocycles. The normalized spacial score (nSPS) is 20.2. The van der Waals surface area contributed by atoms with Crippen LogP contribution in [0.15, 0.2) is 17.2 Å². The van der Waals surface area contributed by atoms with E-state index in [1.54, 1.807) is 6.92 Å². The Bertz CT molecular complexity index is 2480. The molecule has 1 nitrogen and oxygen atoms in total. The highest BCUT2D eigenvalue weighted by atomic mass is 19.2. The van der Waals surface area contributed by atoms with Crippen molar-refractivity contribution in [1.82, 2.24) is 0 Å². The Morgan fingerprint density at radius 2 is 1.04 bits per heavy atom. The molecule has 18 heteroatoms. The van der Waals surface area contributed by atoms with Crippen LogP contribution in [0, 0.1) is 75.9 Å². The van der Waals surface area contributed by atoms with Crippen molar-refractivity contribution in [3.05, 3.63) is 104 Å². The molecule has 7 rings (SSSR count). The molecule has 2 aliphatic rings. The van der Waals surface area contributed by atoms with Crippen molar-refractivity contribution in [3.63, 3.8) is 0 Å². The molecule has 0 saturated carbocycles. The summed E-state index contributed by atoms with van der Waals surface area (Å²) in [6.45, 7) is 0.229. The molecule has 53 heavy (non-hydrogen) atoms. The zero-order chi connectivity index (χ0) is 38.9. The molecule has 0 bridgehead atoms. The van der Waals surface area contributed by atoms with E-state index >= 15 is 52.7 Å². The fourth-order valence-electron chi connectivity index (χ4n) is 7.29. The number of hydrogen-bond donors (Lipinski definition) is 0. The molecule has 279 valence electrons. The zero-order valence-corrected chi connectivity index (χ0v) is 26.1. The zero-order valence-electron chi connectivity index (χ0n) is 26.1. The van der Waals surface area contributed by atoms with Crippen LogP contribution in [0.3, 0.4) is 0 Å². The van der Waals surface area contributed by atoms with Crippen LogP contribution in [-0.2, 0) is 0 Å². The van der Waals surface area contributed by atoms with Gasteiger partial charge < -0.3 is 4.90 Å². The lowest BCUT2D eigenvalue weighted by Crippen LogP contribution is -2.56. The molecule has 0 amide bonds. The summed E-state index contributed by atoms with van der Waals surface area (Å²) < 4.78 is 265. The van der Waals surface area contributed by atoms with E-state index < -0.39 is 178 Å². The van der Waals surface area contributed by atoms with Gasteiger partial charge in [0.1, 0.15) is 5.82 Å². The number of anilines is 1. The summed E-state index contributed by atoms with van der Waals surface area (Å²) in [6.07, 6.45) is -7.53. The molecule has 0 aromatic heterocycles. The Morgan fingerprint density at radius 1 is 0.547 bits per heavy atom. The summed E-state index contributed by atoms with van der Waals surface area (Å²) in [5.74, 6) is -41.3. The lowest BCUT2D eigenvalue weighted by Gasteiger charge is -2.43. The van der Waals surface area contributed by atoms with Gasteiger partial charge in [0.25, 0.3) is 5.79 Å². The predicted octanol–water partition coefficient (Wildman–Crippen LogP) is 12.1. The largest absolute Gasteiger partial charge is 0.328 e. The molecular formula is C35H15F17N. The first-order chi connectivity index (χ1) is 24.9. The van der Waals surface area contributed by atoms with Gasteiger partial charge in [-0.3, -0.25) is 0 Å². The lowest BCUT2D eigenvalue weighted by atomic mass is 9.85. The summed E-state index contributed by atoms with van der Waals surface area (Å²) in [5, 5.41) is -11.4. The minimum Gasteiger partial charge on any atom is -0.328 e. The standard InChI is InChI=1S/C35H15F17N/c1-2-3-4-5-6-53(35(52)33(50)14-13-10(8(36)7-9(37)20(13)38)21(39)18(14)29(47)34(35)51)32-19-12-11-15(22(40)23(41)17(12)27(45)31(32)49)25(43)30(48)26(44)16(11)24(42)28(19)46/h21,33H,2-6H2,1H3. The Labute approximate surface area is 284 Å². The van der Waals surface area contributed by atoms with Crippen LogP contribution in [-0.4, -0.2) is 18.5 Å². The second kappa shape index (κ2) is 12.1. The summed E-state index contributed by atoms with van der Waals surface area (Å²) in [6, 6.07) is 1.08. The fraction of sp³-hybridized carbons (Fsp3) is 0.257. The highest BCUT2D eigenvalue weighted by molar-refractivity contribution is 6.26. The Kier molecular flexibility index (Phi) is 8.37. The van der Waals surface area contributed by atoms with Crippen molar-refractivity contribution < 1.29 is 74.6 Å². The summed E-state index contributed by atoms with van der Waals surface area (Å²) in [5.41, 5.74) is -9.44. The highest BCUT2D eigenvalue weighted by Gasteiger charge is 2.61. The van der Waals surface area contributed by atoms with Crippen LogP contribution in [0.2, 0.25) is 0 Å². The smallest absolute Gasteiger partial charge is 0.273 e. The number of allylic oxidation sites excluding steroid dienone is 2. The van der Waals surface area contributed by atoms with Crippen LogP contribution in [0.5, 0.6) is 0 Å². The Balaban J connectivity index is 1.63. The molecule has 0 fully saturated rings. The van der Waals surface area contributed by atoms with Gasteiger partial charge in [-0.25, -0.2) is 74.6 Å². The lowest BCUT2D eigenvalue weighted by molar-refractivity contribution is 0.0805. The number of fused-ring (bicyclic) bond motifs is 2. The fourth-order valence-corrected chi connectivity index (χ4v) is 7.29. The molecule has 0 N–H and O–H groups in total. The van der Waals surface area contributed by atoms with E-state index in [0.717, 1.165) is 6.07 Å². The third-order valence-electron chi connectivity index (χ3n) is 9.62. The van der Waals surface area contributed by atoms with E-state index in [2.05, 4.69) is 0 Å². The molecule has 0 spiro atoms. The second-order valence-electron chi connectivity index (χ2n) is 12.3. The van der Waals surface area contributed by atoms with Gasteiger partial charge in [-0.15, -0.1) is 0 Å². The number of alkyl halides is 3. The van der Waals surface area contributed by atoms with Crippen LogP contribution < -0.4 is 4.90 Å². The molecule has 0 heterocycles. The van der Waals surface area contributed by atoms with Crippen molar-refractivity contribution in [3.8, 4) is 0 Å². The second-order valence-corrected chi connectivity index (χ2v) is 12.3. The van der Waals surface area contributed by atoms with Gasteiger partial charge in [-0.2, -0.15) is 0 Å². The number of hydrogen-bond acceptors (Lipinski definition) is 1. The average molecular weight is 772 g/mol. The monoisotopic (exact) mass is 772 g/mol. The van der Waals surface area contributed by atoms with Crippen LogP contribution >= 0.6 is 0 Å². The number of unbranched alkanes of at least 4 members (excludes halogenated alkanes) is 3. The molecule has 3 unspecified atom stereocenters. The molecule has 1 radical (unpaired) electrons. The van der Waals surface area contributed by atoms with E-state index in [0.29, 0.717) is 6.42 Å². The van der Waals surface area contributed by atoms with Crippen molar-refractivity contribution in [1.29, 1.82) is 0 Å². The highest BCUT2D eigenvalue weighted by Crippen LogP contribution is 2.60. The number of benzene rings is 5. The SMILES string of the molecule is CCCCCCN(c1c(F)c(F)c2c(F)c(F)c3c(F)c(F)c(F)c4c(F)c(F)c1c2c34)C1(F)C(F)=C(F)C2=C(c3c(F)c(F)[c]c(F)c3C2F)C1F. The maximum Gasteiger partial charge on any atom is 0.273 e.